The summed E-state index contributed by atoms with van der Waals surface area (Å²) in [4.78, 5) is 24.4. The number of carbonyl (C=O) groups excluding carboxylic acids is 1. The highest BCUT2D eigenvalue weighted by atomic mass is 19.4. The SMILES string of the molecule is O=C(Nc1ccc(C(F)(F)F)cc1)c1n[nH]c(=O)[nH]1. The molecular formula is C10H7F3N4O2. The van der Waals surface area contributed by atoms with Gasteiger partial charge in [0, 0.05) is 5.69 Å². The molecule has 2 rings (SSSR count). The van der Waals surface area contributed by atoms with E-state index >= 15 is 0 Å². The number of halogens is 3. The molecule has 1 aromatic heterocycles. The number of H-pyrrole nitrogens is 2. The molecule has 3 N–H and O–H groups in total. The number of nitrogens with zero attached hydrogens (tertiary/aromatic N) is 1. The van der Waals surface area contributed by atoms with Gasteiger partial charge in [-0.3, -0.25) is 9.78 Å². The first kappa shape index (κ1) is 12.9. The molecule has 0 aliphatic rings. The molecule has 1 heterocycles. The summed E-state index contributed by atoms with van der Waals surface area (Å²) >= 11 is 0. The average molecular weight is 272 g/mol. The quantitative estimate of drug-likeness (QED) is 0.771. The van der Waals surface area contributed by atoms with Gasteiger partial charge in [-0.1, -0.05) is 0 Å². The van der Waals surface area contributed by atoms with E-state index in [1.165, 1.54) is 0 Å². The highest BCUT2D eigenvalue weighted by Gasteiger charge is 2.30. The average Bonchev–Trinajstić information content (AvgIpc) is 2.75. The highest BCUT2D eigenvalue weighted by Crippen LogP contribution is 2.29. The van der Waals surface area contributed by atoms with Crippen LogP contribution in [0.5, 0.6) is 0 Å². The van der Waals surface area contributed by atoms with Gasteiger partial charge in [-0.05, 0) is 24.3 Å². The van der Waals surface area contributed by atoms with Crippen LogP contribution in [-0.2, 0) is 6.18 Å². The molecule has 0 aliphatic carbocycles. The van der Waals surface area contributed by atoms with Gasteiger partial charge >= 0.3 is 11.9 Å². The van der Waals surface area contributed by atoms with Crippen LogP contribution in [0.2, 0.25) is 0 Å². The summed E-state index contributed by atoms with van der Waals surface area (Å²) in [6.07, 6.45) is -4.43. The molecule has 0 bridgehead atoms. The molecular weight excluding hydrogens is 265 g/mol. The maximum Gasteiger partial charge on any atom is 0.416 e. The normalized spacial score (nSPS) is 11.3. The number of hydrogen-bond donors (Lipinski definition) is 3. The van der Waals surface area contributed by atoms with Gasteiger partial charge in [0.25, 0.3) is 5.91 Å². The number of hydrogen-bond acceptors (Lipinski definition) is 3. The molecule has 0 fully saturated rings. The smallest absolute Gasteiger partial charge is 0.319 e. The predicted octanol–water partition coefficient (Wildman–Crippen LogP) is 1.37. The Balaban J connectivity index is 2.12. The zero-order valence-electron chi connectivity index (χ0n) is 9.21. The lowest BCUT2D eigenvalue weighted by Crippen LogP contribution is -2.15. The Hall–Kier alpha value is -2.58. The number of benzene rings is 1. The molecule has 0 saturated heterocycles. The minimum Gasteiger partial charge on any atom is -0.319 e. The van der Waals surface area contributed by atoms with Crippen LogP contribution in [0.15, 0.2) is 29.1 Å². The monoisotopic (exact) mass is 272 g/mol. The molecule has 6 nitrogen and oxygen atoms in total. The first-order valence-electron chi connectivity index (χ1n) is 4.99. The molecule has 100 valence electrons. The lowest BCUT2D eigenvalue weighted by atomic mass is 10.2. The number of alkyl halides is 3. The van der Waals surface area contributed by atoms with E-state index in [1.807, 2.05) is 5.10 Å². The van der Waals surface area contributed by atoms with Crippen LogP contribution < -0.4 is 11.0 Å². The fourth-order valence-corrected chi connectivity index (χ4v) is 1.31. The van der Waals surface area contributed by atoms with Crippen molar-refractivity contribution in [2.24, 2.45) is 0 Å². The minimum absolute atomic E-state index is 0.154. The van der Waals surface area contributed by atoms with E-state index in [4.69, 9.17) is 0 Å². The number of aromatic nitrogens is 3. The second kappa shape index (κ2) is 4.59. The lowest BCUT2D eigenvalue weighted by Gasteiger charge is -2.07. The highest BCUT2D eigenvalue weighted by molar-refractivity contribution is 6.01. The third-order valence-corrected chi connectivity index (χ3v) is 2.19. The number of carbonyl (C=O) groups is 1. The largest absolute Gasteiger partial charge is 0.416 e. The minimum atomic E-state index is -4.43. The molecule has 0 aliphatic heterocycles. The standard InChI is InChI=1S/C10H7F3N4O2/c11-10(12,13)5-1-3-6(4-2-5)14-8(18)7-15-9(19)17-16-7/h1-4H,(H,14,18)(H2,15,16,17,19). The molecule has 1 amide bonds. The maximum absolute atomic E-state index is 12.3. The van der Waals surface area contributed by atoms with Crippen molar-refractivity contribution in [2.45, 2.75) is 6.18 Å². The van der Waals surface area contributed by atoms with Crippen LogP contribution >= 0.6 is 0 Å². The predicted molar refractivity (Wildman–Crippen MR) is 58.6 cm³/mol. The fourth-order valence-electron chi connectivity index (χ4n) is 1.31. The number of aromatic amines is 2. The van der Waals surface area contributed by atoms with Gasteiger partial charge in [-0.2, -0.15) is 13.2 Å². The van der Waals surface area contributed by atoms with Gasteiger partial charge in [-0.15, -0.1) is 5.10 Å². The van der Waals surface area contributed by atoms with Crippen molar-refractivity contribution in [3.8, 4) is 0 Å². The Morgan fingerprint density at radius 3 is 2.32 bits per heavy atom. The van der Waals surface area contributed by atoms with Gasteiger partial charge < -0.3 is 5.32 Å². The van der Waals surface area contributed by atoms with Gasteiger partial charge in [-0.25, -0.2) is 9.89 Å². The van der Waals surface area contributed by atoms with Crippen LogP contribution in [0, 0.1) is 0 Å². The lowest BCUT2D eigenvalue weighted by molar-refractivity contribution is -0.137. The zero-order chi connectivity index (χ0) is 14.0. The number of rotatable bonds is 2. The van der Waals surface area contributed by atoms with Crippen LogP contribution in [0.3, 0.4) is 0 Å². The van der Waals surface area contributed by atoms with Crippen LogP contribution in [0.4, 0.5) is 18.9 Å². The van der Waals surface area contributed by atoms with E-state index in [-0.39, 0.29) is 11.5 Å². The number of anilines is 1. The maximum atomic E-state index is 12.3. The Bertz CT molecular complexity index is 642. The topological polar surface area (TPSA) is 90.6 Å². The van der Waals surface area contributed by atoms with Gasteiger partial charge in [0.15, 0.2) is 0 Å². The van der Waals surface area contributed by atoms with Crippen LogP contribution in [0.25, 0.3) is 0 Å². The van der Waals surface area contributed by atoms with E-state index in [2.05, 4.69) is 15.4 Å². The number of nitrogens with one attached hydrogen (secondary N) is 3. The van der Waals surface area contributed by atoms with Crippen molar-refractivity contribution in [2.75, 3.05) is 5.32 Å². The molecule has 0 unspecified atom stereocenters. The third-order valence-electron chi connectivity index (χ3n) is 2.19. The van der Waals surface area contributed by atoms with Gasteiger partial charge in [0.2, 0.25) is 5.82 Å². The van der Waals surface area contributed by atoms with E-state index in [0.29, 0.717) is 0 Å². The van der Waals surface area contributed by atoms with Crippen molar-refractivity contribution >= 4 is 11.6 Å². The Labute approximate surface area is 103 Å². The molecule has 2 aromatic rings. The Morgan fingerprint density at radius 2 is 1.84 bits per heavy atom. The van der Waals surface area contributed by atoms with Gasteiger partial charge in [0.1, 0.15) is 0 Å². The van der Waals surface area contributed by atoms with Crippen molar-refractivity contribution in [3.05, 3.63) is 46.1 Å². The molecule has 0 spiro atoms. The molecule has 19 heavy (non-hydrogen) atoms. The first-order valence-corrected chi connectivity index (χ1v) is 4.99. The molecule has 0 atom stereocenters. The zero-order valence-corrected chi connectivity index (χ0v) is 9.21. The van der Waals surface area contributed by atoms with Crippen molar-refractivity contribution in [3.63, 3.8) is 0 Å². The van der Waals surface area contributed by atoms with E-state index < -0.39 is 23.3 Å². The summed E-state index contributed by atoms with van der Waals surface area (Å²) in [5, 5.41) is 7.67. The van der Waals surface area contributed by atoms with E-state index in [1.54, 1.807) is 0 Å². The summed E-state index contributed by atoms with van der Waals surface area (Å²) in [7, 11) is 0. The Kier molecular flexibility index (Phi) is 3.11. The molecule has 1 aromatic carbocycles. The summed E-state index contributed by atoms with van der Waals surface area (Å²) in [5.41, 5.74) is -1.32. The fraction of sp³-hybridized carbons (Fsp3) is 0.100. The van der Waals surface area contributed by atoms with Crippen molar-refractivity contribution < 1.29 is 18.0 Å². The molecule has 9 heteroatoms. The second-order valence-corrected chi connectivity index (χ2v) is 3.56. The number of amides is 1. The Morgan fingerprint density at radius 1 is 1.21 bits per heavy atom. The van der Waals surface area contributed by atoms with Gasteiger partial charge in [0.05, 0.1) is 5.56 Å². The first-order chi connectivity index (χ1) is 8.86. The van der Waals surface area contributed by atoms with Crippen LogP contribution in [0.1, 0.15) is 16.2 Å². The van der Waals surface area contributed by atoms with Crippen molar-refractivity contribution in [1.82, 2.24) is 15.2 Å². The summed E-state index contributed by atoms with van der Waals surface area (Å²) in [6.45, 7) is 0. The van der Waals surface area contributed by atoms with E-state index in [9.17, 15) is 22.8 Å². The second-order valence-electron chi connectivity index (χ2n) is 3.56. The third kappa shape index (κ3) is 3.00. The summed E-state index contributed by atoms with van der Waals surface area (Å²) in [6, 6.07) is 3.88. The summed E-state index contributed by atoms with van der Waals surface area (Å²) in [5.74, 6) is -0.997. The summed E-state index contributed by atoms with van der Waals surface area (Å²) < 4.78 is 36.9. The molecule has 0 saturated carbocycles. The van der Waals surface area contributed by atoms with Crippen LogP contribution in [-0.4, -0.2) is 21.1 Å². The van der Waals surface area contributed by atoms with Crippen molar-refractivity contribution in [1.29, 1.82) is 0 Å². The van der Waals surface area contributed by atoms with E-state index in [0.717, 1.165) is 24.3 Å². The molecule has 0 radical (unpaired) electrons.